The number of nitrogens with one attached hydrogen (secondary N) is 2. The Morgan fingerprint density at radius 2 is 1.67 bits per heavy atom. The number of nitrogens with two attached hydrogens (primary N) is 1. The molecular weight excluding hydrogens is 230 g/mol. The van der Waals surface area contributed by atoms with Crippen LogP contribution in [0.1, 0.15) is 51.9 Å². The third-order valence-corrected chi connectivity index (χ3v) is 3.59. The number of carbonyl (C=O) groups excluding carboxylic acids is 2. The summed E-state index contributed by atoms with van der Waals surface area (Å²) in [7, 11) is 1.51. The fourth-order valence-electron chi connectivity index (χ4n) is 2.46. The maximum Gasteiger partial charge on any atom is 0.321 e. The van der Waals surface area contributed by atoms with Crippen LogP contribution in [0.15, 0.2) is 0 Å². The maximum absolute atomic E-state index is 11.7. The van der Waals surface area contributed by atoms with Crippen LogP contribution in [0.4, 0.5) is 4.79 Å². The summed E-state index contributed by atoms with van der Waals surface area (Å²) >= 11 is 0. The molecule has 1 aliphatic rings. The summed E-state index contributed by atoms with van der Waals surface area (Å²) < 4.78 is 0. The summed E-state index contributed by atoms with van der Waals surface area (Å²) in [5.74, 6) is -0.212. The fraction of sp³-hybridized carbons (Fsp3) is 0.846. The molecule has 0 aromatic rings. The zero-order valence-electron chi connectivity index (χ0n) is 11.5. The molecule has 0 unspecified atom stereocenters. The molecule has 104 valence electrons. The lowest BCUT2D eigenvalue weighted by Crippen LogP contribution is -2.96. The van der Waals surface area contributed by atoms with Crippen LogP contribution in [-0.2, 0) is 4.79 Å². The van der Waals surface area contributed by atoms with Gasteiger partial charge in [-0.05, 0) is 32.6 Å². The van der Waals surface area contributed by atoms with Gasteiger partial charge in [0.05, 0.1) is 6.04 Å². The largest absolute Gasteiger partial charge is 0.341 e. The average molecular weight is 256 g/mol. The summed E-state index contributed by atoms with van der Waals surface area (Å²) in [4.78, 5) is 22.8. The highest BCUT2D eigenvalue weighted by atomic mass is 16.2. The number of amides is 3. The summed E-state index contributed by atoms with van der Waals surface area (Å²) in [5.41, 5.74) is 0. The minimum atomic E-state index is -0.432. The summed E-state index contributed by atoms with van der Waals surface area (Å²) in [6, 6.07) is -0.111. The van der Waals surface area contributed by atoms with Crippen molar-refractivity contribution in [3.8, 4) is 0 Å². The molecule has 1 rings (SSSR count). The van der Waals surface area contributed by atoms with Gasteiger partial charge in [0.15, 0.2) is 6.04 Å². The van der Waals surface area contributed by atoms with E-state index in [1.807, 2.05) is 6.92 Å². The molecule has 1 fully saturated rings. The maximum atomic E-state index is 11.7. The van der Waals surface area contributed by atoms with Crippen molar-refractivity contribution in [1.82, 2.24) is 10.6 Å². The topological polar surface area (TPSA) is 74.8 Å². The number of urea groups is 1. The van der Waals surface area contributed by atoms with E-state index in [0.29, 0.717) is 6.04 Å². The number of quaternary nitrogens is 1. The minimum Gasteiger partial charge on any atom is -0.341 e. The third kappa shape index (κ3) is 5.49. The highest BCUT2D eigenvalue weighted by molar-refractivity contribution is 5.95. The highest BCUT2D eigenvalue weighted by Crippen LogP contribution is 2.15. The van der Waals surface area contributed by atoms with Crippen molar-refractivity contribution in [3.05, 3.63) is 0 Å². The van der Waals surface area contributed by atoms with Gasteiger partial charge in [-0.2, -0.15) is 0 Å². The molecule has 5 nitrogen and oxygen atoms in total. The van der Waals surface area contributed by atoms with Gasteiger partial charge < -0.3 is 10.6 Å². The van der Waals surface area contributed by atoms with E-state index in [0.717, 1.165) is 0 Å². The first kappa shape index (κ1) is 15.0. The Morgan fingerprint density at radius 1 is 1.11 bits per heavy atom. The van der Waals surface area contributed by atoms with Crippen LogP contribution in [-0.4, -0.2) is 31.1 Å². The lowest BCUT2D eigenvalue weighted by molar-refractivity contribution is -0.708. The molecule has 1 atom stereocenters. The van der Waals surface area contributed by atoms with Crippen molar-refractivity contribution in [2.45, 2.75) is 64.0 Å². The third-order valence-electron chi connectivity index (χ3n) is 3.59. The van der Waals surface area contributed by atoms with E-state index in [1.54, 1.807) is 0 Å². The predicted molar refractivity (Wildman–Crippen MR) is 70.1 cm³/mol. The van der Waals surface area contributed by atoms with Crippen LogP contribution in [0, 0.1) is 0 Å². The quantitative estimate of drug-likeness (QED) is 0.688. The van der Waals surface area contributed by atoms with Crippen molar-refractivity contribution >= 4 is 11.9 Å². The van der Waals surface area contributed by atoms with Crippen molar-refractivity contribution in [3.63, 3.8) is 0 Å². The molecule has 1 saturated carbocycles. The number of carbonyl (C=O) groups is 2. The Labute approximate surface area is 109 Å². The lowest BCUT2D eigenvalue weighted by atomic mass is 9.96. The van der Waals surface area contributed by atoms with Gasteiger partial charge in [-0.15, -0.1) is 0 Å². The van der Waals surface area contributed by atoms with Gasteiger partial charge in [0.1, 0.15) is 0 Å². The molecule has 1 aliphatic carbocycles. The molecule has 4 N–H and O–H groups in total. The number of imide groups is 1. The van der Waals surface area contributed by atoms with Gasteiger partial charge in [0, 0.05) is 7.05 Å². The molecular formula is C13H26N3O2+. The Bertz CT molecular complexity index is 273. The first-order valence-corrected chi connectivity index (χ1v) is 7.01. The van der Waals surface area contributed by atoms with Crippen LogP contribution in [0.2, 0.25) is 0 Å². The van der Waals surface area contributed by atoms with E-state index < -0.39 is 6.03 Å². The number of hydrogen-bond acceptors (Lipinski definition) is 2. The van der Waals surface area contributed by atoms with Crippen LogP contribution in [0.3, 0.4) is 0 Å². The normalized spacial score (nSPS) is 19.4. The predicted octanol–water partition coefficient (Wildman–Crippen LogP) is 0.507. The molecule has 3 amide bonds. The van der Waals surface area contributed by atoms with Crippen molar-refractivity contribution in [2.75, 3.05) is 7.05 Å². The smallest absolute Gasteiger partial charge is 0.321 e. The molecule has 5 heteroatoms. The van der Waals surface area contributed by atoms with E-state index in [4.69, 9.17) is 0 Å². The Hall–Kier alpha value is -1.10. The SMILES string of the molecule is CNC(=O)NC(=O)[C@H](C)[NH2+]C1CCCCCCC1. The second kappa shape index (κ2) is 8.08. The zero-order chi connectivity index (χ0) is 13.4. The average Bonchev–Trinajstić information content (AvgIpc) is 2.31. The molecule has 0 spiro atoms. The van der Waals surface area contributed by atoms with E-state index in [1.165, 1.54) is 52.0 Å². The number of rotatable bonds is 3. The standard InChI is InChI=1S/C13H25N3O2/c1-10(12(17)16-13(18)14-2)15-11-8-6-4-3-5-7-9-11/h10-11,15H,3-9H2,1-2H3,(H2,14,16,17,18)/p+1/t10-/m0/s1. The summed E-state index contributed by atoms with van der Waals surface area (Å²) in [5, 5.41) is 6.83. The highest BCUT2D eigenvalue weighted by Gasteiger charge is 2.23. The molecule has 0 aliphatic heterocycles. The molecule has 0 aromatic carbocycles. The zero-order valence-corrected chi connectivity index (χ0v) is 11.5. The van der Waals surface area contributed by atoms with Gasteiger partial charge in [-0.3, -0.25) is 10.1 Å². The van der Waals surface area contributed by atoms with Gasteiger partial charge in [0.2, 0.25) is 0 Å². The van der Waals surface area contributed by atoms with Crippen LogP contribution in [0.25, 0.3) is 0 Å². The van der Waals surface area contributed by atoms with Crippen LogP contribution < -0.4 is 16.0 Å². The van der Waals surface area contributed by atoms with Crippen LogP contribution >= 0.6 is 0 Å². The van der Waals surface area contributed by atoms with Gasteiger partial charge in [0.25, 0.3) is 5.91 Å². The molecule has 0 heterocycles. The van der Waals surface area contributed by atoms with Gasteiger partial charge in [-0.25, -0.2) is 4.79 Å². The Morgan fingerprint density at radius 3 is 2.22 bits per heavy atom. The first-order chi connectivity index (χ1) is 8.63. The Kier molecular flexibility index (Phi) is 6.72. The lowest BCUT2D eigenvalue weighted by Gasteiger charge is -2.21. The van der Waals surface area contributed by atoms with E-state index in [-0.39, 0.29) is 11.9 Å². The summed E-state index contributed by atoms with van der Waals surface area (Å²) in [6.45, 7) is 1.86. The molecule has 18 heavy (non-hydrogen) atoms. The van der Waals surface area contributed by atoms with Gasteiger partial charge in [-0.1, -0.05) is 19.3 Å². The second-order valence-corrected chi connectivity index (χ2v) is 5.15. The van der Waals surface area contributed by atoms with Crippen molar-refractivity contribution in [2.24, 2.45) is 0 Å². The Balaban J connectivity index is 2.34. The van der Waals surface area contributed by atoms with Crippen molar-refractivity contribution < 1.29 is 14.9 Å². The monoisotopic (exact) mass is 256 g/mol. The first-order valence-electron chi connectivity index (χ1n) is 7.01. The van der Waals surface area contributed by atoms with E-state index in [9.17, 15) is 9.59 Å². The van der Waals surface area contributed by atoms with Crippen LogP contribution in [0.5, 0.6) is 0 Å². The fourth-order valence-corrected chi connectivity index (χ4v) is 2.46. The molecule has 0 radical (unpaired) electrons. The van der Waals surface area contributed by atoms with E-state index >= 15 is 0 Å². The molecule has 0 bridgehead atoms. The van der Waals surface area contributed by atoms with Crippen molar-refractivity contribution in [1.29, 1.82) is 0 Å². The molecule has 0 saturated heterocycles. The summed E-state index contributed by atoms with van der Waals surface area (Å²) in [6.07, 6.45) is 8.83. The number of hydrogen-bond donors (Lipinski definition) is 3. The second-order valence-electron chi connectivity index (χ2n) is 5.15. The van der Waals surface area contributed by atoms with E-state index in [2.05, 4.69) is 16.0 Å². The minimum absolute atomic E-state index is 0.202. The molecule has 0 aromatic heterocycles. The van der Waals surface area contributed by atoms with Gasteiger partial charge >= 0.3 is 6.03 Å².